The van der Waals surface area contributed by atoms with Gasteiger partial charge in [-0.3, -0.25) is 9.59 Å². The lowest BCUT2D eigenvalue weighted by Gasteiger charge is -2.14. The van der Waals surface area contributed by atoms with Gasteiger partial charge in [0.15, 0.2) is 0 Å². The van der Waals surface area contributed by atoms with E-state index in [1.807, 2.05) is 6.92 Å². The van der Waals surface area contributed by atoms with Gasteiger partial charge in [0.2, 0.25) is 0 Å². The number of nitrogens with zero attached hydrogens (tertiary/aromatic N) is 1. The molecule has 1 aromatic rings. The highest BCUT2D eigenvalue weighted by molar-refractivity contribution is 5.95. The van der Waals surface area contributed by atoms with Gasteiger partial charge in [-0.2, -0.15) is 0 Å². The molecule has 0 atom stereocenters. The Kier molecular flexibility index (Phi) is 4.51. The Morgan fingerprint density at radius 2 is 1.88 bits per heavy atom. The molecule has 0 spiro atoms. The van der Waals surface area contributed by atoms with E-state index in [4.69, 9.17) is 9.84 Å². The minimum Gasteiger partial charge on any atom is -0.494 e. The fraction of sp³-hybridized carbons (Fsp3) is 0.333. The lowest BCUT2D eigenvalue weighted by atomic mass is 10.2. The summed E-state index contributed by atoms with van der Waals surface area (Å²) in [4.78, 5) is 23.4. The van der Waals surface area contributed by atoms with E-state index >= 15 is 0 Å². The first-order valence-electron chi connectivity index (χ1n) is 5.24. The molecule has 0 aliphatic rings. The van der Waals surface area contributed by atoms with Crippen LogP contribution in [0.25, 0.3) is 0 Å². The molecule has 0 radical (unpaired) electrons. The van der Waals surface area contributed by atoms with Crippen LogP contribution in [0.2, 0.25) is 0 Å². The van der Waals surface area contributed by atoms with Crippen LogP contribution >= 0.6 is 0 Å². The summed E-state index contributed by atoms with van der Waals surface area (Å²) in [6, 6.07) is 6.61. The van der Waals surface area contributed by atoms with Crippen LogP contribution in [0.3, 0.4) is 0 Å². The van der Waals surface area contributed by atoms with E-state index in [2.05, 4.69) is 0 Å². The van der Waals surface area contributed by atoms with E-state index in [1.54, 1.807) is 24.3 Å². The maximum atomic E-state index is 11.8. The molecular weight excluding hydrogens is 222 g/mol. The van der Waals surface area contributed by atoms with Crippen LogP contribution in [0.15, 0.2) is 24.3 Å². The van der Waals surface area contributed by atoms with Crippen molar-refractivity contribution in [3.63, 3.8) is 0 Å². The zero-order valence-corrected chi connectivity index (χ0v) is 9.84. The van der Waals surface area contributed by atoms with Gasteiger partial charge < -0.3 is 14.7 Å². The molecule has 1 aromatic carbocycles. The maximum Gasteiger partial charge on any atom is 0.323 e. The van der Waals surface area contributed by atoms with Crippen LogP contribution in [0.4, 0.5) is 0 Å². The van der Waals surface area contributed by atoms with Crippen molar-refractivity contribution < 1.29 is 19.4 Å². The molecule has 0 fully saturated rings. The Hall–Kier alpha value is -2.04. The van der Waals surface area contributed by atoms with E-state index in [0.29, 0.717) is 17.9 Å². The Balaban J connectivity index is 2.72. The number of ether oxygens (including phenoxy) is 1. The number of likely N-dealkylation sites (N-methyl/N-ethyl adjacent to an activating group) is 1. The van der Waals surface area contributed by atoms with Crippen LogP contribution < -0.4 is 4.74 Å². The molecule has 0 saturated carbocycles. The molecule has 0 aromatic heterocycles. The molecule has 0 unspecified atom stereocenters. The molecule has 92 valence electrons. The van der Waals surface area contributed by atoms with Gasteiger partial charge in [0.25, 0.3) is 5.91 Å². The van der Waals surface area contributed by atoms with Gasteiger partial charge in [-0.1, -0.05) is 0 Å². The van der Waals surface area contributed by atoms with Crippen LogP contribution in [0.1, 0.15) is 17.3 Å². The van der Waals surface area contributed by atoms with Gasteiger partial charge in [0.05, 0.1) is 6.61 Å². The van der Waals surface area contributed by atoms with Gasteiger partial charge in [-0.25, -0.2) is 0 Å². The smallest absolute Gasteiger partial charge is 0.323 e. The number of aliphatic carboxylic acids is 1. The lowest BCUT2D eigenvalue weighted by Crippen LogP contribution is -2.31. The van der Waals surface area contributed by atoms with E-state index in [9.17, 15) is 9.59 Å². The molecule has 17 heavy (non-hydrogen) atoms. The average Bonchev–Trinajstić information content (AvgIpc) is 2.28. The number of carboxylic acid groups (broad SMARTS) is 1. The second-order valence-electron chi connectivity index (χ2n) is 3.51. The highest BCUT2D eigenvalue weighted by Gasteiger charge is 2.13. The van der Waals surface area contributed by atoms with Gasteiger partial charge in [-0.05, 0) is 31.2 Å². The third-order valence-corrected chi connectivity index (χ3v) is 2.13. The van der Waals surface area contributed by atoms with E-state index in [1.165, 1.54) is 7.05 Å². The van der Waals surface area contributed by atoms with Crippen molar-refractivity contribution in [3.8, 4) is 5.75 Å². The monoisotopic (exact) mass is 237 g/mol. The third-order valence-electron chi connectivity index (χ3n) is 2.13. The highest BCUT2D eigenvalue weighted by atomic mass is 16.5. The quantitative estimate of drug-likeness (QED) is 0.836. The third kappa shape index (κ3) is 3.79. The molecular formula is C12H15NO4. The predicted molar refractivity (Wildman–Crippen MR) is 62.2 cm³/mol. The molecule has 1 rings (SSSR count). The Morgan fingerprint density at radius 3 is 2.35 bits per heavy atom. The van der Waals surface area contributed by atoms with Gasteiger partial charge in [-0.15, -0.1) is 0 Å². The summed E-state index contributed by atoms with van der Waals surface area (Å²) in [5.41, 5.74) is 0.442. The number of carbonyl (C=O) groups excluding carboxylic acids is 1. The van der Waals surface area contributed by atoms with Crippen molar-refractivity contribution in [2.45, 2.75) is 6.92 Å². The van der Waals surface area contributed by atoms with Crippen LogP contribution in [0.5, 0.6) is 5.75 Å². The Bertz CT molecular complexity index is 399. The topological polar surface area (TPSA) is 66.8 Å². The molecule has 0 heterocycles. The molecule has 0 bridgehead atoms. The van der Waals surface area contributed by atoms with E-state index in [0.717, 1.165) is 4.90 Å². The molecule has 0 saturated heterocycles. The number of carboxylic acids is 1. The number of rotatable bonds is 5. The largest absolute Gasteiger partial charge is 0.494 e. The summed E-state index contributed by atoms with van der Waals surface area (Å²) < 4.78 is 5.25. The molecule has 0 aliphatic heterocycles. The fourth-order valence-corrected chi connectivity index (χ4v) is 1.36. The Labute approximate surface area is 99.6 Å². The first-order chi connectivity index (χ1) is 8.04. The minimum absolute atomic E-state index is 0.313. The normalized spacial score (nSPS) is 9.76. The molecule has 1 N–H and O–H groups in total. The maximum absolute atomic E-state index is 11.8. The second-order valence-corrected chi connectivity index (χ2v) is 3.51. The summed E-state index contributed by atoms with van der Waals surface area (Å²) >= 11 is 0. The minimum atomic E-state index is -1.04. The van der Waals surface area contributed by atoms with Gasteiger partial charge >= 0.3 is 5.97 Å². The summed E-state index contributed by atoms with van der Waals surface area (Å²) in [6.45, 7) is 2.12. The number of carbonyl (C=O) groups is 2. The van der Waals surface area contributed by atoms with Gasteiger partial charge in [0, 0.05) is 12.6 Å². The average molecular weight is 237 g/mol. The van der Waals surface area contributed by atoms with E-state index in [-0.39, 0.29) is 12.5 Å². The second kappa shape index (κ2) is 5.89. The molecule has 0 aliphatic carbocycles. The number of benzene rings is 1. The number of amides is 1. The highest BCUT2D eigenvalue weighted by Crippen LogP contribution is 2.13. The first-order valence-corrected chi connectivity index (χ1v) is 5.24. The molecule has 5 nitrogen and oxygen atoms in total. The van der Waals surface area contributed by atoms with Crippen LogP contribution in [-0.4, -0.2) is 42.1 Å². The number of hydrogen-bond acceptors (Lipinski definition) is 3. The standard InChI is InChI=1S/C12H15NO4/c1-3-17-10-6-4-9(5-7-10)12(16)13(2)8-11(14)15/h4-7H,3,8H2,1-2H3,(H,14,15). The molecule has 1 amide bonds. The van der Waals surface area contributed by atoms with Crippen molar-refractivity contribution >= 4 is 11.9 Å². The van der Waals surface area contributed by atoms with Gasteiger partial charge in [0.1, 0.15) is 12.3 Å². The molecule has 5 heteroatoms. The zero-order valence-electron chi connectivity index (χ0n) is 9.84. The summed E-state index contributed by atoms with van der Waals surface area (Å²) in [5, 5.41) is 8.58. The predicted octanol–water partition coefficient (Wildman–Crippen LogP) is 1.24. The first kappa shape index (κ1) is 13.0. The van der Waals surface area contributed by atoms with Crippen molar-refractivity contribution in [1.29, 1.82) is 0 Å². The van der Waals surface area contributed by atoms with E-state index < -0.39 is 5.97 Å². The Morgan fingerprint density at radius 1 is 1.29 bits per heavy atom. The zero-order chi connectivity index (χ0) is 12.8. The van der Waals surface area contributed by atoms with Crippen molar-refractivity contribution in [2.24, 2.45) is 0 Å². The van der Waals surface area contributed by atoms with Crippen molar-refractivity contribution in [3.05, 3.63) is 29.8 Å². The lowest BCUT2D eigenvalue weighted by molar-refractivity contribution is -0.137. The fourth-order valence-electron chi connectivity index (χ4n) is 1.36. The summed E-state index contributed by atoms with van der Waals surface area (Å²) in [5.74, 6) is -0.674. The van der Waals surface area contributed by atoms with Crippen LogP contribution in [0, 0.1) is 0 Å². The van der Waals surface area contributed by atoms with Crippen molar-refractivity contribution in [2.75, 3.05) is 20.2 Å². The SMILES string of the molecule is CCOc1ccc(C(=O)N(C)CC(=O)O)cc1. The van der Waals surface area contributed by atoms with Crippen molar-refractivity contribution in [1.82, 2.24) is 4.90 Å². The van der Waals surface area contributed by atoms with Crippen LogP contribution in [-0.2, 0) is 4.79 Å². The number of hydrogen-bond donors (Lipinski definition) is 1. The summed E-state index contributed by atoms with van der Waals surface area (Å²) in [7, 11) is 1.45. The summed E-state index contributed by atoms with van der Waals surface area (Å²) in [6.07, 6.45) is 0.